The summed E-state index contributed by atoms with van der Waals surface area (Å²) >= 11 is 0. The molecule has 0 aromatic carbocycles. The standard InChI is InChI=1S/C9H14N2/c1-5-8-7(6-10-11-8)9(2,3)4/h5-6H,1H2,2-4H3,(H,10,11). The van der Waals surface area contributed by atoms with Crippen LogP contribution in [0.3, 0.4) is 0 Å². The summed E-state index contributed by atoms with van der Waals surface area (Å²) in [6, 6.07) is 0. The molecule has 1 rings (SSSR count). The van der Waals surface area contributed by atoms with Gasteiger partial charge >= 0.3 is 0 Å². The van der Waals surface area contributed by atoms with Gasteiger partial charge in [0, 0.05) is 5.56 Å². The zero-order chi connectivity index (χ0) is 8.48. The largest absolute Gasteiger partial charge is 0.278 e. The Morgan fingerprint density at radius 1 is 1.55 bits per heavy atom. The van der Waals surface area contributed by atoms with Gasteiger partial charge in [-0.05, 0) is 11.5 Å². The second-order valence-corrected chi connectivity index (χ2v) is 3.65. The highest BCUT2D eigenvalue weighted by Gasteiger charge is 2.17. The molecule has 0 aliphatic heterocycles. The predicted molar refractivity (Wildman–Crippen MR) is 47.4 cm³/mol. The van der Waals surface area contributed by atoms with Gasteiger partial charge in [-0.2, -0.15) is 5.10 Å². The van der Waals surface area contributed by atoms with E-state index < -0.39 is 0 Å². The highest BCUT2D eigenvalue weighted by molar-refractivity contribution is 5.48. The summed E-state index contributed by atoms with van der Waals surface area (Å²) in [6.07, 6.45) is 3.66. The van der Waals surface area contributed by atoms with E-state index in [4.69, 9.17) is 0 Å². The Kier molecular flexibility index (Phi) is 1.85. The van der Waals surface area contributed by atoms with Crippen LogP contribution in [0.25, 0.3) is 6.08 Å². The third kappa shape index (κ3) is 1.50. The number of hydrogen-bond acceptors (Lipinski definition) is 1. The zero-order valence-corrected chi connectivity index (χ0v) is 7.31. The maximum atomic E-state index is 3.96. The predicted octanol–water partition coefficient (Wildman–Crippen LogP) is 2.35. The number of aromatic amines is 1. The molecule has 1 aromatic heterocycles. The zero-order valence-electron chi connectivity index (χ0n) is 7.31. The lowest BCUT2D eigenvalue weighted by molar-refractivity contribution is 0.589. The Balaban J connectivity index is 3.12. The lowest BCUT2D eigenvalue weighted by atomic mass is 9.87. The summed E-state index contributed by atoms with van der Waals surface area (Å²) in [5.74, 6) is 0. The molecule has 0 unspecified atom stereocenters. The maximum absolute atomic E-state index is 3.96. The number of hydrogen-bond donors (Lipinski definition) is 1. The highest BCUT2D eigenvalue weighted by Crippen LogP contribution is 2.24. The normalized spacial score (nSPS) is 11.5. The Labute approximate surface area is 67.3 Å². The molecule has 11 heavy (non-hydrogen) atoms. The van der Waals surface area contributed by atoms with Crippen LogP contribution in [-0.4, -0.2) is 10.2 Å². The van der Waals surface area contributed by atoms with Crippen LogP contribution in [0.4, 0.5) is 0 Å². The molecule has 0 saturated heterocycles. The third-order valence-corrected chi connectivity index (χ3v) is 1.68. The van der Waals surface area contributed by atoms with Crippen molar-refractivity contribution in [3.05, 3.63) is 24.0 Å². The molecule has 60 valence electrons. The topological polar surface area (TPSA) is 28.7 Å². The van der Waals surface area contributed by atoms with Gasteiger partial charge in [0.1, 0.15) is 0 Å². The molecule has 0 fully saturated rings. The van der Waals surface area contributed by atoms with Crippen molar-refractivity contribution >= 4 is 6.08 Å². The number of nitrogens with one attached hydrogen (secondary N) is 1. The van der Waals surface area contributed by atoms with E-state index in [2.05, 4.69) is 37.5 Å². The van der Waals surface area contributed by atoms with E-state index in [0.29, 0.717) is 0 Å². The van der Waals surface area contributed by atoms with Gasteiger partial charge in [-0.25, -0.2) is 0 Å². The highest BCUT2D eigenvalue weighted by atomic mass is 15.1. The molecule has 0 aliphatic carbocycles. The average Bonchev–Trinajstić information content (AvgIpc) is 2.31. The van der Waals surface area contributed by atoms with Gasteiger partial charge < -0.3 is 0 Å². The summed E-state index contributed by atoms with van der Waals surface area (Å²) in [6.45, 7) is 10.2. The fourth-order valence-corrected chi connectivity index (χ4v) is 1.05. The van der Waals surface area contributed by atoms with Crippen LogP contribution in [0.15, 0.2) is 12.8 Å². The van der Waals surface area contributed by atoms with Crippen LogP contribution in [0.2, 0.25) is 0 Å². The molecule has 0 amide bonds. The van der Waals surface area contributed by atoms with Gasteiger partial charge in [0.15, 0.2) is 0 Å². The number of rotatable bonds is 1. The number of aromatic nitrogens is 2. The molecule has 1 aromatic rings. The lowest BCUT2D eigenvalue weighted by Gasteiger charge is -2.16. The summed E-state index contributed by atoms with van der Waals surface area (Å²) < 4.78 is 0. The first-order valence-electron chi connectivity index (χ1n) is 3.72. The molecule has 0 bridgehead atoms. The first-order valence-corrected chi connectivity index (χ1v) is 3.72. The van der Waals surface area contributed by atoms with E-state index in [1.54, 1.807) is 6.08 Å². The van der Waals surface area contributed by atoms with Crippen LogP contribution in [0.5, 0.6) is 0 Å². The van der Waals surface area contributed by atoms with E-state index >= 15 is 0 Å². The first kappa shape index (κ1) is 8.05. The molecular formula is C9H14N2. The molecule has 0 radical (unpaired) electrons. The van der Waals surface area contributed by atoms with E-state index in [1.165, 1.54) is 5.56 Å². The molecule has 0 aliphatic rings. The van der Waals surface area contributed by atoms with Gasteiger partial charge in [-0.1, -0.05) is 27.4 Å². The summed E-state index contributed by atoms with van der Waals surface area (Å²) in [4.78, 5) is 0. The Morgan fingerprint density at radius 2 is 2.18 bits per heavy atom. The van der Waals surface area contributed by atoms with Crippen LogP contribution in [0.1, 0.15) is 32.0 Å². The Morgan fingerprint density at radius 3 is 2.55 bits per heavy atom. The number of H-pyrrole nitrogens is 1. The minimum absolute atomic E-state index is 0.149. The fourth-order valence-electron chi connectivity index (χ4n) is 1.05. The van der Waals surface area contributed by atoms with Crippen LogP contribution >= 0.6 is 0 Å². The maximum Gasteiger partial charge on any atom is 0.0609 e. The van der Waals surface area contributed by atoms with Crippen molar-refractivity contribution in [1.82, 2.24) is 10.2 Å². The second kappa shape index (κ2) is 2.53. The minimum atomic E-state index is 0.149. The molecule has 2 heteroatoms. The molecule has 1 heterocycles. The first-order chi connectivity index (χ1) is 5.05. The van der Waals surface area contributed by atoms with Crippen molar-refractivity contribution in [2.75, 3.05) is 0 Å². The minimum Gasteiger partial charge on any atom is -0.278 e. The SMILES string of the molecule is C=Cc1[nH]ncc1C(C)(C)C. The fraction of sp³-hybridized carbons (Fsp3) is 0.444. The molecule has 1 N–H and O–H groups in total. The molecule has 0 saturated carbocycles. The van der Waals surface area contributed by atoms with Gasteiger partial charge in [-0.3, -0.25) is 5.10 Å². The van der Waals surface area contributed by atoms with Gasteiger partial charge in [0.25, 0.3) is 0 Å². The summed E-state index contributed by atoms with van der Waals surface area (Å²) in [7, 11) is 0. The van der Waals surface area contributed by atoms with Crippen molar-refractivity contribution in [2.24, 2.45) is 0 Å². The monoisotopic (exact) mass is 150 g/mol. The van der Waals surface area contributed by atoms with E-state index in [9.17, 15) is 0 Å². The third-order valence-electron chi connectivity index (χ3n) is 1.68. The smallest absolute Gasteiger partial charge is 0.0609 e. The van der Waals surface area contributed by atoms with Crippen LogP contribution in [0, 0.1) is 0 Å². The molecule has 0 spiro atoms. The van der Waals surface area contributed by atoms with Crippen LogP contribution < -0.4 is 0 Å². The van der Waals surface area contributed by atoms with E-state index in [-0.39, 0.29) is 5.41 Å². The average molecular weight is 150 g/mol. The van der Waals surface area contributed by atoms with Gasteiger partial charge in [0.2, 0.25) is 0 Å². The molecule has 0 atom stereocenters. The van der Waals surface area contributed by atoms with E-state index in [1.807, 2.05) is 6.20 Å². The van der Waals surface area contributed by atoms with Crippen molar-refractivity contribution in [1.29, 1.82) is 0 Å². The van der Waals surface area contributed by atoms with Crippen molar-refractivity contribution in [2.45, 2.75) is 26.2 Å². The van der Waals surface area contributed by atoms with Crippen LogP contribution in [-0.2, 0) is 5.41 Å². The Hall–Kier alpha value is -1.05. The van der Waals surface area contributed by atoms with Crippen molar-refractivity contribution in [3.63, 3.8) is 0 Å². The Bertz CT molecular complexity index is 253. The van der Waals surface area contributed by atoms with Crippen molar-refractivity contribution in [3.8, 4) is 0 Å². The quantitative estimate of drug-likeness (QED) is 0.654. The van der Waals surface area contributed by atoms with Crippen molar-refractivity contribution < 1.29 is 0 Å². The van der Waals surface area contributed by atoms with Gasteiger partial charge in [-0.15, -0.1) is 0 Å². The second-order valence-electron chi connectivity index (χ2n) is 3.65. The number of nitrogens with zero attached hydrogens (tertiary/aromatic N) is 1. The molecular weight excluding hydrogens is 136 g/mol. The molecule has 2 nitrogen and oxygen atoms in total. The van der Waals surface area contributed by atoms with Gasteiger partial charge in [0.05, 0.1) is 11.9 Å². The summed E-state index contributed by atoms with van der Waals surface area (Å²) in [5, 5.41) is 6.86. The lowest BCUT2D eigenvalue weighted by Crippen LogP contribution is -2.11. The van der Waals surface area contributed by atoms with E-state index in [0.717, 1.165) is 5.69 Å². The summed E-state index contributed by atoms with van der Waals surface area (Å²) in [5.41, 5.74) is 2.39.